The van der Waals surface area contributed by atoms with Crippen molar-refractivity contribution in [1.82, 2.24) is 10.6 Å². The normalized spacial score (nSPS) is 20.3. The minimum absolute atomic E-state index is 0. The molecular weight excluding hydrogens is 300 g/mol. The number of halogens is 1. The zero-order valence-corrected chi connectivity index (χ0v) is 14.0. The molecule has 1 saturated heterocycles. The molecule has 0 aromatic heterocycles. The predicted molar refractivity (Wildman–Crippen MR) is 89.7 cm³/mol. The van der Waals surface area contributed by atoms with Crippen molar-refractivity contribution in [3.63, 3.8) is 0 Å². The van der Waals surface area contributed by atoms with Crippen LogP contribution in [0.1, 0.15) is 25.3 Å². The Morgan fingerprint density at radius 3 is 2.64 bits per heavy atom. The highest BCUT2D eigenvalue weighted by Gasteiger charge is 2.46. The van der Waals surface area contributed by atoms with Gasteiger partial charge in [-0.1, -0.05) is 25.1 Å². The number of rotatable bonds is 6. The molecule has 2 aliphatic rings. The Morgan fingerprint density at radius 1 is 1.41 bits per heavy atom. The van der Waals surface area contributed by atoms with Gasteiger partial charge in [-0.05, 0) is 37.9 Å². The Hall–Kier alpha value is -1.26. The zero-order chi connectivity index (χ0) is 14.9. The van der Waals surface area contributed by atoms with Crippen LogP contribution in [-0.4, -0.2) is 32.7 Å². The first-order valence-electron chi connectivity index (χ1n) is 7.78. The third kappa shape index (κ3) is 3.23. The van der Waals surface area contributed by atoms with Gasteiger partial charge in [0.2, 0.25) is 5.91 Å². The van der Waals surface area contributed by atoms with Crippen LogP contribution in [0.2, 0.25) is 0 Å². The second-order valence-corrected chi connectivity index (χ2v) is 6.41. The van der Waals surface area contributed by atoms with E-state index in [4.69, 9.17) is 4.74 Å². The first-order chi connectivity index (χ1) is 10.2. The molecule has 1 aromatic rings. The summed E-state index contributed by atoms with van der Waals surface area (Å²) in [4.78, 5) is 12.3. The highest BCUT2D eigenvalue weighted by Crippen LogP contribution is 2.50. The molecule has 5 heteroatoms. The van der Waals surface area contributed by atoms with Crippen LogP contribution in [0.3, 0.4) is 0 Å². The second-order valence-electron chi connectivity index (χ2n) is 6.41. The first kappa shape index (κ1) is 17.1. The molecule has 0 bridgehead atoms. The molecule has 2 fully saturated rings. The van der Waals surface area contributed by atoms with Gasteiger partial charge in [-0.15, -0.1) is 12.4 Å². The van der Waals surface area contributed by atoms with Gasteiger partial charge in [0, 0.05) is 23.4 Å². The van der Waals surface area contributed by atoms with Gasteiger partial charge in [0.15, 0.2) is 0 Å². The summed E-state index contributed by atoms with van der Waals surface area (Å²) in [5, 5.41) is 6.39. The van der Waals surface area contributed by atoms with Crippen molar-refractivity contribution in [2.24, 2.45) is 11.8 Å². The van der Waals surface area contributed by atoms with Crippen LogP contribution in [0.5, 0.6) is 5.75 Å². The van der Waals surface area contributed by atoms with E-state index in [0.717, 1.165) is 38.2 Å². The molecule has 3 rings (SSSR count). The van der Waals surface area contributed by atoms with Gasteiger partial charge in [0.25, 0.3) is 0 Å². The van der Waals surface area contributed by atoms with Crippen molar-refractivity contribution < 1.29 is 9.53 Å². The van der Waals surface area contributed by atoms with E-state index in [0.29, 0.717) is 5.92 Å². The van der Waals surface area contributed by atoms with Gasteiger partial charge in [0.1, 0.15) is 5.75 Å². The smallest absolute Gasteiger partial charge is 0.223 e. The fourth-order valence-electron chi connectivity index (χ4n) is 3.07. The average molecular weight is 325 g/mol. The van der Waals surface area contributed by atoms with E-state index in [-0.39, 0.29) is 29.6 Å². The van der Waals surface area contributed by atoms with Gasteiger partial charge in [-0.25, -0.2) is 0 Å². The molecule has 22 heavy (non-hydrogen) atoms. The topological polar surface area (TPSA) is 50.4 Å². The van der Waals surface area contributed by atoms with Gasteiger partial charge in [-0.2, -0.15) is 0 Å². The number of hydrogen-bond donors (Lipinski definition) is 2. The zero-order valence-electron chi connectivity index (χ0n) is 13.2. The number of ether oxygens (including phenoxy) is 1. The van der Waals surface area contributed by atoms with Gasteiger partial charge >= 0.3 is 0 Å². The van der Waals surface area contributed by atoms with Crippen LogP contribution in [-0.2, 0) is 10.2 Å². The minimum Gasteiger partial charge on any atom is -0.496 e. The Balaban J connectivity index is 0.00000176. The molecule has 4 nitrogen and oxygen atoms in total. The lowest BCUT2D eigenvalue weighted by Gasteiger charge is -2.32. The molecule has 122 valence electrons. The molecule has 1 atom stereocenters. The third-order valence-corrected chi connectivity index (χ3v) is 5.07. The standard InChI is InChI=1S/C17H24N2O2.ClH/c1-12(13-9-18-10-13)16(20)19-11-17(7-8-17)14-5-3-4-6-15(14)21-2;/h3-6,12-13,18H,7-11H2,1-2H3,(H,19,20);1H. The molecule has 1 amide bonds. The van der Waals surface area contributed by atoms with Crippen LogP contribution in [0.25, 0.3) is 0 Å². The minimum atomic E-state index is 0. The Labute approximate surface area is 138 Å². The maximum atomic E-state index is 12.3. The Kier molecular flexibility index (Phi) is 5.35. The average Bonchev–Trinajstić information content (AvgIpc) is 3.24. The molecule has 1 aromatic carbocycles. The van der Waals surface area contributed by atoms with E-state index in [9.17, 15) is 4.79 Å². The Morgan fingerprint density at radius 2 is 2.09 bits per heavy atom. The van der Waals surface area contributed by atoms with Crippen molar-refractivity contribution in [1.29, 1.82) is 0 Å². The summed E-state index contributed by atoms with van der Waals surface area (Å²) in [6.45, 7) is 4.68. The van der Waals surface area contributed by atoms with Gasteiger partial charge in [0.05, 0.1) is 7.11 Å². The van der Waals surface area contributed by atoms with E-state index in [1.807, 2.05) is 25.1 Å². The van der Waals surface area contributed by atoms with Crippen molar-refractivity contribution in [2.75, 3.05) is 26.7 Å². The van der Waals surface area contributed by atoms with Gasteiger partial charge < -0.3 is 15.4 Å². The molecule has 0 spiro atoms. The number of carbonyl (C=O) groups is 1. The molecule has 0 radical (unpaired) electrons. The monoisotopic (exact) mass is 324 g/mol. The number of hydrogen-bond acceptors (Lipinski definition) is 3. The Bertz CT molecular complexity index is 527. The number of para-hydroxylation sites is 1. The van der Waals surface area contributed by atoms with E-state index >= 15 is 0 Å². The lowest BCUT2D eigenvalue weighted by molar-refractivity contribution is -0.126. The van der Waals surface area contributed by atoms with Crippen LogP contribution in [0.4, 0.5) is 0 Å². The lowest BCUT2D eigenvalue weighted by Crippen LogP contribution is -2.50. The second kappa shape index (κ2) is 6.88. The SMILES string of the molecule is COc1ccccc1C1(CNC(=O)C(C)C2CNC2)CC1.Cl. The van der Waals surface area contributed by atoms with E-state index in [2.05, 4.69) is 16.7 Å². The summed E-state index contributed by atoms with van der Waals surface area (Å²) in [5.74, 6) is 1.70. The van der Waals surface area contributed by atoms with Gasteiger partial charge in [-0.3, -0.25) is 4.79 Å². The molecule has 1 aliphatic carbocycles. The molecule has 1 saturated carbocycles. The molecule has 1 unspecified atom stereocenters. The highest BCUT2D eigenvalue weighted by molar-refractivity contribution is 5.85. The number of methoxy groups -OCH3 is 1. The number of benzene rings is 1. The van der Waals surface area contributed by atoms with Crippen LogP contribution in [0.15, 0.2) is 24.3 Å². The molecule has 2 N–H and O–H groups in total. The lowest BCUT2D eigenvalue weighted by atomic mass is 9.88. The van der Waals surface area contributed by atoms with Crippen molar-refractivity contribution in [3.05, 3.63) is 29.8 Å². The summed E-state index contributed by atoms with van der Waals surface area (Å²) in [6, 6.07) is 8.15. The number of amides is 1. The fourth-order valence-corrected chi connectivity index (χ4v) is 3.07. The molecule has 1 heterocycles. The summed E-state index contributed by atoms with van der Waals surface area (Å²) < 4.78 is 5.47. The maximum Gasteiger partial charge on any atom is 0.223 e. The molecular formula is C17H25ClN2O2. The first-order valence-corrected chi connectivity index (χ1v) is 7.78. The molecule has 1 aliphatic heterocycles. The summed E-state index contributed by atoms with van der Waals surface area (Å²) in [5.41, 5.74) is 1.31. The summed E-state index contributed by atoms with van der Waals surface area (Å²) >= 11 is 0. The van der Waals surface area contributed by atoms with Crippen molar-refractivity contribution in [2.45, 2.75) is 25.2 Å². The fraction of sp³-hybridized carbons (Fsp3) is 0.588. The maximum absolute atomic E-state index is 12.3. The van der Waals surface area contributed by atoms with Crippen molar-refractivity contribution in [3.8, 4) is 5.75 Å². The van der Waals surface area contributed by atoms with E-state index in [1.54, 1.807) is 7.11 Å². The van der Waals surface area contributed by atoms with Crippen LogP contribution < -0.4 is 15.4 Å². The summed E-state index contributed by atoms with van der Waals surface area (Å²) in [7, 11) is 1.71. The van der Waals surface area contributed by atoms with E-state index < -0.39 is 0 Å². The van der Waals surface area contributed by atoms with E-state index in [1.165, 1.54) is 5.56 Å². The number of nitrogens with one attached hydrogen (secondary N) is 2. The van der Waals surface area contributed by atoms with Crippen LogP contribution >= 0.6 is 12.4 Å². The summed E-state index contributed by atoms with van der Waals surface area (Å²) in [6.07, 6.45) is 2.24. The van der Waals surface area contributed by atoms with Crippen LogP contribution in [0, 0.1) is 11.8 Å². The highest BCUT2D eigenvalue weighted by atomic mass is 35.5. The van der Waals surface area contributed by atoms with Crippen molar-refractivity contribution >= 4 is 18.3 Å². The number of carbonyl (C=O) groups excluding carboxylic acids is 1. The largest absolute Gasteiger partial charge is 0.496 e. The third-order valence-electron chi connectivity index (χ3n) is 5.07. The quantitative estimate of drug-likeness (QED) is 0.842. The predicted octanol–water partition coefficient (Wildman–Crippen LogP) is 2.12.